The molecule has 2 fully saturated rings. The number of anilines is 1. The molecule has 0 aliphatic heterocycles. The molecule has 0 heterocycles. The maximum Gasteiger partial charge on any atom is 0.0375 e. The fourth-order valence-corrected chi connectivity index (χ4v) is 4.73. The Morgan fingerprint density at radius 3 is 2.53 bits per heavy atom. The van der Waals surface area contributed by atoms with Gasteiger partial charge in [0.25, 0.3) is 0 Å². The third-order valence-electron chi connectivity index (χ3n) is 6.17. The predicted molar refractivity (Wildman–Crippen MR) is 82.6 cm³/mol. The molecule has 1 unspecified atom stereocenters. The number of hydrogen-bond donors (Lipinski definition) is 1. The van der Waals surface area contributed by atoms with E-state index in [9.17, 15) is 0 Å². The maximum absolute atomic E-state index is 3.91. The van der Waals surface area contributed by atoms with Gasteiger partial charge in [0.1, 0.15) is 0 Å². The second-order valence-corrected chi connectivity index (χ2v) is 7.74. The van der Waals surface area contributed by atoms with Crippen molar-refractivity contribution >= 4 is 5.69 Å². The number of benzene rings is 1. The molecule has 2 aliphatic rings. The van der Waals surface area contributed by atoms with Crippen LogP contribution in [0.1, 0.15) is 51.2 Å². The highest BCUT2D eigenvalue weighted by atomic mass is 15.0. The van der Waals surface area contributed by atoms with Crippen molar-refractivity contribution in [1.29, 1.82) is 0 Å². The minimum Gasteiger partial charge on any atom is -0.381 e. The predicted octanol–water partition coefficient (Wildman–Crippen LogP) is 4.93. The molecule has 0 amide bonds. The van der Waals surface area contributed by atoms with Crippen molar-refractivity contribution in [3.8, 4) is 0 Å². The van der Waals surface area contributed by atoms with Crippen LogP contribution in [0.25, 0.3) is 0 Å². The smallest absolute Gasteiger partial charge is 0.0375 e. The van der Waals surface area contributed by atoms with Crippen LogP contribution in [0.2, 0.25) is 0 Å². The molecule has 0 aromatic heterocycles. The van der Waals surface area contributed by atoms with Gasteiger partial charge in [0.15, 0.2) is 0 Å². The van der Waals surface area contributed by atoms with Crippen molar-refractivity contribution in [3.63, 3.8) is 0 Å². The lowest BCUT2D eigenvalue weighted by molar-refractivity contribution is 0.155. The van der Waals surface area contributed by atoms with Crippen LogP contribution in [0.3, 0.4) is 0 Å². The number of hydrogen-bond acceptors (Lipinski definition) is 1. The summed E-state index contributed by atoms with van der Waals surface area (Å²) in [6, 6.07) is 7.23. The van der Waals surface area contributed by atoms with E-state index in [0.29, 0.717) is 16.9 Å². The highest BCUT2D eigenvalue weighted by molar-refractivity contribution is 5.55. The van der Waals surface area contributed by atoms with E-state index in [1.165, 1.54) is 36.1 Å². The van der Waals surface area contributed by atoms with E-state index < -0.39 is 0 Å². The van der Waals surface area contributed by atoms with Gasteiger partial charge in [-0.25, -0.2) is 0 Å². The van der Waals surface area contributed by atoms with Crippen LogP contribution in [-0.2, 0) is 0 Å². The molecule has 2 aliphatic carbocycles. The summed E-state index contributed by atoms with van der Waals surface area (Å²) in [5, 5.41) is 3.91. The van der Waals surface area contributed by atoms with Crippen LogP contribution < -0.4 is 5.32 Å². The van der Waals surface area contributed by atoms with E-state index in [4.69, 9.17) is 0 Å². The Balaban J connectivity index is 1.93. The van der Waals surface area contributed by atoms with E-state index in [2.05, 4.69) is 58.1 Å². The Morgan fingerprint density at radius 2 is 1.89 bits per heavy atom. The first-order valence-electron chi connectivity index (χ1n) is 7.67. The highest BCUT2D eigenvalue weighted by Crippen LogP contribution is 2.63. The van der Waals surface area contributed by atoms with Crippen LogP contribution in [0.4, 0.5) is 5.69 Å². The fourth-order valence-electron chi connectivity index (χ4n) is 4.73. The molecular weight excluding hydrogens is 230 g/mol. The van der Waals surface area contributed by atoms with Gasteiger partial charge in [0.05, 0.1) is 0 Å². The van der Waals surface area contributed by atoms with E-state index in [1.807, 2.05) is 0 Å². The minimum atomic E-state index is 0.420. The molecule has 1 aromatic rings. The second-order valence-electron chi connectivity index (χ2n) is 7.74. The molecule has 2 saturated carbocycles. The van der Waals surface area contributed by atoms with Crippen molar-refractivity contribution in [2.75, 3.05) is 5.32 Å². The van der Waals surface area contributed by atoms with Gasteiger partial charge >= 0.3 is 0 Å². The topological polar surface area (TPSA) is 12.0 Å². The lowest BCUT2D eigenvalue weighted by Crippen LogP contribution is -2.45. The number of rotatable bonds is 2. The third kappa shape index (κ3) is 1.81. The number of aryl methyl sites for hydroxylation is 1. The van der Waals surface area contributed by atoms with Gasteiger partial charge in [-0.05, 0) is 67.1 Å². The van der Waals surface area contributed by atoms with Crippen molar-refractivity contribution in [2.45, 2.75) is 59.9 Å². The molecule has 104 valence electrons. The Morgan fingerprint density at radius 1 is 1.16 bits per heavy atom. The first-order valence-corrected chi connectivity index (χ1v) is 7.67. The van der Waals surface area contributed by atoms with Crippen LogP contribution in [0.15, 0.2) is 18.2 Å². The summed E-state index contributed by atoms with van der Waals surface area (Å²) in [5.74, 6) is 0.903. The monoisotopic (exact) mass is 257 g/mol. The standard InChI is InChI=1S/C18H27N/c1-12-7-6-8-15(13(12)2)19-16-17(3,4)14-9-10-18(16,5)11-14/h6-8,14,16,19H,9-11H2,1-5H3/t14-,16?,18+/m0/s1. The lowest BCUT2D eigenvalue weighted by Gasteiger charge is -2.44. The summed E-state index contributed by atoms with van der Waals surface area (Å²) < 4.78 is 0. The molecule has 1 nitrogen and oxygen atoms in total. The second kappa shape index (κ2) is 4.01. The first kappa shape index (κ1) is 13.0. The van der Waals surface area contributed by atoms with E-state index in [0.717, 1.165) is 5.92 Å². The Labute approximate surface area is 117 Å². The zero-order valence-corrected chi connectivity index (χ0v) is 13.0. The zero-order valence-electron chi connectivity index (χ0n) is 13.0. The Kier molecular flexibility index (Phi) is 2.75. The molecule has 1 aromatic carbocycles. The Hall–Kier alpha value is -0.980. The summed E-state index contributed by atoms with van der Waals surface area (Å²) in [6.45, 7) is 11.9. The summed E-state index contributed by atoms with van der Waals surface area (Å²) in [4.78, 5) is 0. The molecule has 1 heteroatoms. The van der Waals surface area contributed by atoms with Gasteiger partial charge in [-0.2, -0.15) is 0 Å². The van der Waals surface area contributed by atoms with Crippen LogP contribution in [0, 0.1) is 30.6 Å². The lowest BCUT2D eigenvalue weighted by atomic mass is 9.68. The number of fused-ring (bicyclic) bond motifs is 2. The summed E-state index contributed by atoms with van der Waals surface area (Å²) in [7, 11) is 0. The van der Waals surface area contributed by atoms with Crippen molar-refractivity contribution in [3.05, 3.63) is 29.3 Å². The zero-order chi connectivity index (χ0) is 13.8. The van der Waals surface area contributed by atoms with Crippen LogP contribution in [0.5, 0.6) is 0 Å². The van der Waals surface area contributed by atoms with Gasteiger partial charge in [-0.3, -0.25) is 0 Å². The number of nitrogens with one attached hydrogen (secondary N) is 1. The first-order chi connectivity index (χ1) is 8.84. The van der Waals surface area contributed by atoms with E-state index in [1.54, 1.807) is 0 Å². The quantitative estimate of drug-likeness (QED) is 0.792. The van der Waals surface area contributed by atoms with Crippen molar-refractivity contribution in [1.82, 2.24) is 0 Å². The fraction of sp³-hybridized carbons (Fsp3) is 0.667. The molecule has 3 atom stereocenters. The van der Waals surface area contributed by atoms with Gasteiger partial charge in [-0.1, -0.05) is 32.9 Å². The van der Waals surface area contributed by atoms with E-state index in [-0.39, 0.29) is 0 Å². The van der Waals surface area contributed by atoms with Gasteiger partial charge in [0.2, 0.25) is 0 Å². The molecule has 2 bridgehead atoms. The molecule has 19 heavy (non-hydrogen) atoms. The third-order valence-corrected chi connectivity index (χ3v) is 6.17. The molecule has 3 rings (SSSR count). The molecule has 0 radical (unpaired) electrons. The van der Waals surface area contributed by atoms with E-state index >= 15 is 0 Å². The summed E-state index contributed by atoms with van der Waals surface area (Å²) >= 11 is 0. The normalized spacial score (nSPS) is 35.6. The van der Waals surface area contributed by atoms with Crippen molar-refractivity contribution in [2.24, 2.45) is 16.7 Å². The van der Waals surface area contributed by atoms with Gasteiger partial charge in [-0.15, -0.1) is 0 Å². The molecule has 1 N–H and O–H groups in total. The largest absolute Gasteiger partial charge is 0.381 e. The SMILES string of the molecule is Cc1cccc(NC2C(C)(C)[C@H]3CC[C@]2(C)C3)c1C. The van der Waals surface area contributed by atoms with Crippen LogP contribution >= 0.6 is 0 Å². The molecular formula is C18H27N. The van der Waals surface area contributed by atoms with Crippen LogP contribution in [-0.4, -0.2) is 6.04 Å². The average Bonchev–Trinajstić information content (AvgIpc) is 2.81. The molecule has 0 saturated heterocycles. The Bertz CT molecular complexity index is 498. The van der Waals surface area contributed by atoms with Gasteiger partial charge in [0, 0.05) is 11.7 Å². The minimum absolute atomic E-state index is 0.420. The highest BCUT2D eigenvalue weighted by Gasteiger charge is 2.59. The van der Waals surface area contributed by atoms with Gasteiger partial charge < -0.3 is 5.32 Å². The summed E-state index contributed by atoms with van der Waals surface area (Å²) in [5.41, 5.74) is 5.04. The molecule has 0 spiro atoms. The average molecular weight is 257 g/mol. The summed E-state index contributed by atoms with van der Waals surface area (Å²) in [6.07, 6.45) is 4.22. The maximum atomic E-state index is 3.91. The van der Waals surface area contributed by atoms with Crippen molar-refractivity contribution < 1.29 is 0 Å².